The Bertz CT molecular complexity index is 338. The van der Waals surface area contributed by atoms with Crippen LogP contribution in [-0.4, -0.2) is 22.0 Å². The molecule has 6 heteroatoms. The van der Waals surface area contributed by atoms with E-state index in [4.69, 9.17) is 5.11 Å². The van der Waals surface area contributed by atoms with Crippen LogP contribution in [0.2, 0.25) is 0 Å². The third-order valence-electron chi connectivity index (χ3n) is 1.97. The highest BCUT2D eigenvalue weighted by molar-refractivity contribution is 7.13. The van der Waals surface area contributed by atoms with Crippen LogP contribution in [0.1, 0.15) is 32.1 Å². The van der Waals surface area contributed by atoms with Crippen molar-refractivity contribution >= 4 is 28.3 Å². The first-order valence-corrected chi connectivity index (χ1v) is 5.97. The molecule has 1 amide bonds. The lowest BCUT2D eigenvalue weighted by Gasteiger charge is -2.00. The van der Waals surface area contributed by atoms with Crippen molar-refractivity contribution < 1.29 is 14.7 Å². The number of aromatic nitrogens is 1. The van der Waals surface area contributed by atoms with Gasteiger partial charge in [0.05, 0.1) is 0 Å². The van der Waals surface area contributed by atoms with Gasteiger partial charge in [0.2, 0.25) is 5.91 Å². The normalized spacial score (nSPS) is 10.0. The van der Waals surface area contributed by atoms with Crippen molar-refractivity contribution in [2.75, 3.05) is 5.32 Å². The van der Waals surface area contributed by atoms with Crippen LogP contribution in [0.4, 0.5) is 5.13 Å². The highest BCUT2D eigenvalue weighted by Crippen LogP contribution is 2.11. The van der Waals surface area contributed by atoms with Crippen LogP contribution in [0, 0.1) is 0 Å². The minimum atomic E-state index is -0.785. The zero-order chi connectivity index (χ0) is 11.8. The molecule has 0 radical (unpaired) electrons. The molecule has 16 heavy (non-hydrogen) atoms. The molecule has 0 fully saturated rings. The number of amides is 1. The maximum Gasteiger partial charge on any atom is 0.303 e. The van der Waals surface area contributed by atoms with Gasteiger partial charge in [-0.2, -0.15) is 0 Å². The SMILES string of the molecule is O=C(O)CCCCCC(=O)Nc1nccs1. The number of carboxylic acid groups (broad SMARTS) is 1. The molecule has 1 aromatic rings. The molecule has 0 aliphatic carbocycles. The van der Waals surface area contributed by atoms with Gasteiger partial charge in [-0.25, -0.2) is 4.98 Å². The van der Waals surface area contributed by atoms with Gasteiger partial charge in [0.1, 0.15) is 0 Å². The Labute approximate surface area is 97.5 Å². The molecule has 88 valence electrons. The third-order valence-corrected chi connectivity index (χ3v) is 2.66. The van der Waals surface area contributed by atoms with E-state index >= 15 is 0 Å². The van der Waals surface area contributed by atoms with Gasteiger partial charge >= 0.3 is 5.97 Å². The van der Waals surface area contributed by atoms with Gasteiger partial charge in [0, 0.05) is 24.4 Å². The first-order chi connectivity index (χ1) is 7.68. The van der Waals surface area contributed by atoms with E-state index in [0.29, 0.717) is 24.4 Å². The molecule has 1 heterocycles. The largest absolute Gasteiger partial charge is 0.481 e. The smallest absolute Gasteiger partial charge is 0.303 e. The van der Waals surface area contributed by atoms with Crippen molar-refractivity contribution in [1.82, 2.24) is 4.98 Å². The Morgan fingerprint density at radius 1 is 1.31 bits per heavy atom. The van der Waals surface area contributed by atoms with E-state index in [2.05, 4.69) is 10.3 Å². The Hall–Kier alpha value is -1.43. The lowest BCUT2D eigenvalue weighted by atomic mass is 10.1. The maximum atomic E-state index is 11.3. The van der Waals surface area contributed by atoms with E-state index in [1.165, 1.54) is 11.3 Å². The summed E-state index contributed by atoms with van der Waals surface area (Å²) in [5.74, 6) is -0.850. The van der Waals surface area contributed by atoms with E-state index in [1.54, 1.807) is 11.6 Å². The standard InChI is InChI=1S/C10H14N2O3S/c13-8(12-10-11-6-7-16-10)4-2-1-3-5-9(14)15/h6-7H,1-5H2,(H,14,15)(H,11,12,13). The number of anilines is 1. The summed E-state index contributed by atoms with van der Waals surface area (Å²) >= 11 is 1.38. The summed E-state index contributed by atoms with van der Waals surface area (Å²) < 4.78 is 0. The van der Waals surface area contributed by atoms with Crippen molar-refractivity contribution in [2.24, 2.45) is 0 Å². The second-order valence-corrected chi connectivity index (χ2v) is 4.23. The number of carbonyl (C=O) groups excluding carboxylic acids is 1. The molecule has 0 spiro atoms. The highest BCUT2D eigenvalue weighted by Gasteiger charge is 2.04. The number of rotatable bonds is 7. The Morgan fingerprint density at radius 2 is 2.06 bits per heavy atom. The third kappa shape index (κ3) is 5.45. The van der Waals surface area contributed by atoms with E-state index in [1.807, 2.05) is 0 Å². The number of hydrogen-bond donors (Lipinski definition) is 2. The average Bonchev–Trinajstić information content (AvgIpc) is 2.69. The summed E-state index contributed by atoms with van der Waals surface area (Å²) in [6, 6.07) is 0. The van der Waals surface area contributed by atoms with Crippen molar-refractivity contribution in [1.29, 1.82) is 0 Å². The zero-order valence-electron chi connectivity index (χ0n) is 8.81. The molecule has 2 N–H and O–H groups in total. The lowest BCUT2D eigenvalue weighted by Crippen LogP contribution is -2.10. The van der Waals surface area contributed by atoms with Crippen LogP contribution in [0.3, 0.4) is 0 Å². The van der Waals surface area contributed by atoms with Crippen molar-refractivity contribution in [3.63, 3.8) is 0 Å². The minimum absolute atomic E-state index is 0.0646. The molecule has 0 aromatic carbocycles. The number of carbonyl (C=O) groups is 2. The minimum Gasteiger partial charge on any atom is -0.481 e. The summed E-state index contributed by atoms with van der Waals surface area (Å²) in [4.78, 5) is 25.5. The van der Waals surface area contributed by atoms with E-state index in [0.717, 1.165) is 6.42 Å². The topological polar surface area (TPSA) is 79.3 Å². The van der Waals surface area contributed by atoms with Crippen LogP contribution in [0.15, 0.2) is 11.6 Å². The molecular formula is C10H14N2O3S. The molecular weight excluding hydrogens is 228 g/mol. The molecule has 0 unspecified atom stereocenters. The summed E-state index contributed by atoms with van der Waals surface area (Å²) in [5.41, 5.74) is 0. The summed E-state index contributed by atoms with van der Waals surface area (Å²) in [5, 5.41) is 13.5. The second kappa shape index (κ2) is 6.95. The molecule has 0 atom stereocenters. The fraction of sp³-hybridized carbons (Fsp3) is 0.500. The fourth-order valence-electron chi connectivity index (χ4n) is 1.21. The Balaban J connectivity index is 2.05. The van der Waals surface area contributed by atoms with Gasteiger partial charge in [-0.1, -0.05) is 6.42 Å². The van der Waals surface area contributed by atoms with Gasteiger partial charge in [0.25, 0.3) is 0 Å². The number of unbranched alkanes of at least 4 members (excludes halogenated alkanes) is 2. The average molecular weight is 242 g/mol. The molecule has 0 bridgehead atoms. The Morgan fingerprint density at radius 3 is 2.69 bits per heavy atom. The van der Waals surface area contributed by atoms with Crippen molar-refractivity contribution in [3.05, 3.63) is 11.6 Å². The van der Waals surface area contributed by atoms with E-state index in [9.17, 15) is 9.59 Å². The summed E-state index contributed by atoms with van der Waals surface area (Å²) in [7, 11) is 0. The molecule has 5 nitrogen and oxygen atoms in total. The fourth-order valence-corrected chi connectivity index (χ4v) is 1.75. The number of nitrogens with one attached hydrogen (secondary N) is 1. The van der Waals surface area contributed by atoms with Crippen molar-refractivity contribution in [2.45, 2.75) is 32.1 Å². The summed E-state index contributed by atoms with van der Waals surface area (Å²) in [6.07, 6.45) is 4.32. The zero-order valence-corrected chi connectivity index (χ0v) is 9.63. The predicted octanol–water partition coefficient (Wildman–Crippen LogP) is 2.12. The van der Waals surface area contributed by atoms with Crippen molar-refractivity contribution in [3.8, 4) is 0 Å². The lowest BCUT2D eigenvalue weighted by molar-refractivity contribution is -0.137. The van der Waals surface area contributed by atoms with Crippen LogP contribution in [-0.2, 0) is 9.59 Å². The molecule has 0 saturated heterocycles. The highest BCUT2D eigenvalue weighted by atomic mass is 32.1. The van der Waals surface area contributed by atoms with Gasteiger partial charge in [-0.05, 0) is 12.8 Å². The number of hydrogen-bond acceptors (Lipinski definition) is 4. The maximum absolute atomic E-state index is 11.3. The van der Waals surface area contributed by atoms with E-state index in [-0.39, 0.29) is 12.3 Å². The summed E-state index contributed by atoms with van der Waals surface area (Å²) in [6.45, 7) is 0. The number of thiazole rings is 1. The molecule has 0 saturated carbocycles. The van der Waals surface area contributed by atoms with Crippen LogP contribution >= 0.6 is 11.3 Å². The van der Waals surface area contributed by atoms with Gasteiger partial charge in [-0.3, -0.25) is 9.59 Å². The van der Waals surface area contributed by atoms with Gasteiger partial charge in [-0.15, -0.1) is 11.3 Å². The van der Waals surface area contributed by atoms with Crippen LogP contribution in [0.5, 0.6) is 0 Å². The van der Waals surface area contributed by atoms with Gasteiger partial charge < -0.3 is 10.4 Å². The molecule has 0 aliphatic heterocycles. The molecule has 1 rings (SSSR count). The van der Waals surface area contributed by atoms with E-state index < -0.39 is 5.97 Å². The first-order valence-electron chi connectivity index (χ1n) is 5.09. The van der Waals surface area contributed by atoms with Crippen LogP contribution in [0.25, 0.3) is 0 Å². The number of nitrogens with zero attached hydrogens (tertiary/aromatic N) is 1. The second-order valence-electron chi connectivity index (χ2n) is 3.34. The Kier molecular flexibility index (Phi) is 5.49. The predicted molar refractivity (Wildman–Crippen MR) is 61.5 cm³/mol. The monoisotopic (exact) mass is 242 g/mol. The number of aliphatic carboxylic acids is 1. The number of carboxylic acids is 1. The van der Waals surface area contributed by atoms with Gasteiger partial charge in [0.15, 0.2) is 5.13 Å². The first kappa shape index (κ1) is 12.6. The van der Waals surface area contributed by atoms with Crippen LogP contribution < -0.4 is 5.32 Å². The quantitative estimate of drug-likeness (QED) is 0.718. The molecule has 0 aliphatic rings. The molecule has 1 aromatic heterocycles.